The Hall–Kier alpha value is -3.67. The van der Waals surface area contributed by atoms with Crippen molar-refractivity contribution in [2.24, 2.45) is 11.8 Å². The van der Waals surface area contributed by atoms with E-state index in [0.717, 1.165) is 37.9 Å². The average molecular weight is 602 g/mol. The number of hydrogen-bond acceptors (Lipinski definition) is 8. The van der Waals surface area contributed by atoms with E-state index in [4.69, 9.17) is 9.47 Å². The largest absolute Gasteiger partial charge is 0.454 e. The zero-order chi connectivity index (χ0) is 31.0. The van der Waals surface area contributed by atoms with Gasteiger partial charge in [-0.1, -0.05) is 30.3 Å². The zero-order valence-electron chi connectivity index (χ0n) is 25.5. The van der Waals surface area contributed by atoms with Crippen molar-refractivity contribution in [1.29, 1.82) is 0 Å². The number of benzene rings is 1. The van der Waals surface area contributed by atoms with Crippen molar-refractivity contribution < 1.29 is 33.4 Å². The molecule has 1 aromatic carbocycles. The molecule has 0 spiro atoms. The van der Waals surface area contributed by atoms with Crippen LogP contribution in [0.3, 0.4) is 0 Å². The van der Waals surface area contributed by atoms with Gasteiger partial charge in [0.1, 0.15) is 12.6 Å². The highest BCUT2D eigenvalue weighted by Gasteiger charge is 2.31. The van der Waals surface area contributed by atoms with Crippen LogP contribution in [0.25, 0.3) is 0 Å². The Balaban J connectivity index is 1.53. The van der Waals surface area contributed by atoms with Gasteiger partial charge in [-0.25, -0.2) is 9.59 Å². The molecule has 2 heterocycles. The number of esters is 1. The zero-order valence-corrected chi connectivity index (χ0v) is 25.5. The summed E-state index contributed by atoms with van der Waals surface area (Å²) in [6.45, 7) is 6.75. The number of hydrogen-bond donors (Lipinski definition) is 3. The van der Waals surface area contributed by atoms with Crippen molar-refractivity contribution in [1.82, 2.24) is 25.8 Å². The summed E-state index contributed by atoms with van der Waals surface area (Å²) >= 11 is 0. The maximum atomic E-state index is 13.1. The van der Waals surface area contributed by atoms with Gasteiger partial charge in [0.2, 0.25) is 11.8 Å². The number of carbonyl (C=O) groups is 5. The molecule has 3 N–H and O–H groups in total. The van der Waals surface area contributed by atoms with Gasteiger partial charge in [0, 0.05) is 39.1 Å². The highest BCUT2D eigenvalue weighted by Crippen LogP contribution is 2.21. The summed E-state index contributed by atoms with van der Waals surface area (Å²) in [6.07, 6.45) is 3.97. The number of nitrogens with zero attached hydrogens (tertiary/aromatic N) is 2. The second-order valence-electron chi connectivity index (χ2n) is 11.1. The smallest absolute Gasteiger partial charge is 0.408 e. The van der Waals surface area contributed by atoms with Crippen molar-refractivity contribution in [2.75, 3.05) is 52.4 Å². The van der Waals surface area contributed by atoms with E-state index in [1.54, 1.807) is 17.0 Å². The SMILES string of the molecule is CCN(CC)C(=O)COC(=O)[C@H](CNC(=O)[C@@H]1CCCN(C(=O)CCC2CCNCC2)C1)NC(=O)OCc1ccccc1. The molecule has 2 aliphatic rings. The second-order valence-corrected chi connectivity index (χ2v) is 11.1. The van der Waals surface area contributed by atoms with Crippen molar-refractivity contribution >= 4 is 29.8 Å². The number of rotatable bonds is 14. The Labute approximate surface area is 254 Å². The molecule has 238 valence electrons. The standard InChI is InChI=1S/C31H47N5O7/c1-3-35(4-2)28(38)22-42-30(40)26(34-31(41)43-21-24-9-6-5-7-10-24)19-33-29(39)25-11-8-18-36(20-25)27(37)13-12-23-14-16-32-17-15-23/h5-7,9-10,23,25-26,32H,3-4,8,11-22H2,1-2H3,(H,33,39)(H,34,41)/t25-,26+/m1/s1. The summed E-state index contributed by atoms with van der Waals surface area (Å²) in [5.41, 5.74) is 0.766. The Morgan fingerprint density at radius 2 is 1.74 bits per heavy atom. The quantitative estimate of drug-likeness (QED) is 0.274. The molecule has 12 heteroatoms. The van der Waals surface area contributed by atoms with E-state index >= 15 is 0 Å². The Morgan fingerprint density at radius 1 is 1.02 bits per heavy atom. The minimum absolute atomic E-state index is 0.00911. The molecule has 3 rings (SSSR count). The topological polar surface area (TPSA) is 146 Å². The Morgan fingerprint density at radius 3 is 2.44 bits per heavy atom. The van der Waals surface area contributed by atoms with E-state index in [0.29, 0.717) is 51.4 Å². The Bertz CT molecular complexity index is 1060. The van der Waals surface area contributed by atoms with Crippen molar-refractivity contribution in [2.45, 2.75) is 65.0 Å². The molecule has 0 saturated carbocycles. The molecule has 2 fully saturated rings. The van der Waals surface area contributed by atoms with E-state index in [2.05, 4.69) is 16.0 Å². The predicted octanol–water partition coefficient (Wildman–Crippen LogP) is 1.83. The summed E-state index contributed by atoms with van der Waals surface area (Å²) in [4.78, 5) is 67.1. The minimum atomic E-state index is -1.27. The maximum Gasteiger partial charge on any atom is 0.408 e. The summed E-state index contributed by atoms with van der Waals surface area (Å²) in [5, 5.41) is 8.53. The van der Waals surface area contributed by atoms with Gasteiger partial charge in [0.25, 0.3) is 5.91 Å². The lowest BCUT2D eigenvalue weighted by Crippen LogP contribution is -2.52. The van der Waals surface area contributed by atoms with Crippen LogP contribution in [0.1, 0.15) is 57.9 Å². The lowest BCUT2D eigenvalue weighted by Gasteiger charge is -2.33. The van der Waals surface area contributed by atoms with E-state index < -0.39 is 30.6 Å². The van der Waals surface area contributed by atoms with Crippen LogP contribution in [0.5, 0.6) is 0 Å². The van der Waals surface area contributed by atoms with Crippen LogP contribution in [0.15, 0.2) is 30.3 Å². The van der Waals surface area contributed by atoms with Gasteiger partial charge < -0.3 is 35.2 Å². The van der Waals surface area contributed by atoms with Gasteiger partial charge in [-0.3, -0.25) is 14.4 Å². The molecule has 2 atom stereocenters. The third-order valence-corrected chi connectivity index (χ3v) is 8.09. The number of alkyl carbamates (subject to hydrolysis) is 1. The van der Waals surface area contributed by atoms with Crippen molar-refractivity contribution in [3.63, 3.8) is 0 Å². The van der Waals surface area contributed by atoms with Crippen LogP contribution in [0, 0.1) is 11.8 Å². The molecule has 2 aliphatic heterocycles. The number of likely N-dealkylation sites (tertiary alicyclic amines) is 1. The number of amides is 4. The maximum absolute atomic E-state index is 13.1. The first kappa shape index (κ1) is 33.8. The van der Waals surface area contributed by atoms with Crippen LogP contribution in [-0.2, 0) is 35.3 Å². The van der Waals surface area contributed by atoms with Crippen molar-refractivity contribution in [3.8, 4) is 0 Å². The molecule has 2 saturated heterocycles. The van der Waals surface area contributed by atoms with E-state index in [9.17, 15) is 24.0 Å². The van der Waals surface area contributed by atoms with Gasteiger partial charge in [-0.2, -0.15) is 0 Å². The molecule has 4 amide bonds. The highest BCUT2D eigenvalue weighted by atomic mass is 16.6. The van der Waals surface area contributed by atoms with Crippen LogP contribution < -0.4 is 16.0 Å². The molecular formula is C31H47N5O7. The fourth-order valence-electron chi connectivity index (χ4n) is 5.42. The van der Waals surface area contributed by atoms with Gasteiger partial charge in [-0.05, 0) is 70.5 Å². The first-order valence-corrected chi connectivity index (χ1v) is 15.5. The van der Waals surface area contributed by atoms with Crippen LogP contribution in [0.4, 0.5) is 4.79 Å². The first-order chi connectivity index (χ1) is 20.8. The summed E-state index contributed by atoms with van der Waals surface area (Å²) in [7, 11) is 0. The fourth-order valence-corrected chi connectivity index (χ4v) is 5.42. The lowest BCUT2D eigenvalue weighted by molar-refractivity contribution is -0.153. The van der Waals surface area contributed by atoms with Gasteiger partial charge in [-0.15, -0.1) is 0 Å². The number of likely N-dealkylation sites (N-methyl/N-ethyl adjacent to an activating group) is 1. The predicted molar refractivity (Wildman–Crippen MR) is 160 cm³/mol. The third kappa shape index (κ3) is 11.5. The average Bonchev–Trinajstić information content (AvgIpc) is 3.04. The summed E-state index contributed by atoms with van der Waals surface area (Å²) in [6, 6.07) is 7.78. The van der Waals surface area contributed by atoms with E-state index in [-0.39, 0.29) is 30.9 Å². The molecule has 1 aromatic rings. The number of ether oxygens (including phenoxy) is 2. The molecule has 12 nitrogen and oxygen atoms in total. The normalized spacial score (nSPS) is 17.8. The molecule has 0 unspecified atom stereocenters. The molecule has 0 aliphatic carbocycles. The number of piperidine rings is 2. The van der Waals surface area contributed by atoms with Crippen LogP contribution in [-0.4, -0.2) is 98.0 Å². The highest BCUT2D eigenvalue weighted by molar-refractivity contribution is 5.86. The van der Waals surface area contributed by atoms with Gasteiger partial charge >= 0.3 is 12.1 Å². The van der Waals surface area contributed by atoms with E-state index in [1.165, 1.54) is 4.90 Å². The van der Waals surface area contributed by atoms with Gasteiger partial charge in [0.05, 0.1) is 5.92 Å². The monoisotopic (exact) mass is 601 g/mol. The fraction of sp³-hybridized carbons (Fsp3) is 0.645. The number of carbonyl (C=O) groups excluding carboxylic acids is 5. The second kappa shape index (κ2) is 18.1. The van der Waals surface area contributed by atoms with E-state index in [1.807, 2.05) is 32.0 Å². The lowest BCUT2D eigenvalue weighted by atomic mass is 9.92. The molecule has 43 heavy (non-hydrogen) atoms. The third-order valence-electron chi connectivity index (χ3n) is 8.09. The molecule has 0 radical (unpaired) electrons. The summed E-state index contributed by atoms with van der Waals surface area (Å²) < 4.78 is 10.5. The molecular weight excluding hydrogens is 554 g/mol. The molecule has 0 aromatic heterocycles. The van der Waals surface area contributed by atoms with Crippen LogP contribution in [0.2, 0.25) is 0 Å². The number of nitrogens with one attached hydrogen (secondary N) is 3. The van der Waals surface area contributed by atoms with Crippen molar-refractivity contribution in [3.05, 3.63) is 35.9 Å². The van der Waals surface area contributed by atoms with Crippen LogP contribution >= 0.6 is 0 Å². The summed E-state index contributed by atoms with van der Waals surface area (Å²) in [5.74, 6) is -1.34. The first-order valence-electron chi connectivity index (χ1n) is 15.5. The van der Waals surface area contributed by atoms with Gasteiger partial charge in [0.15, 0.2) is 6.61 Å². The Kier molecular flexibility index (Phi) is 14.2. The minimum Gasteiger partial charge on any atom is -0.454 e. The molecule has 0 bridgehead atoms.